The van der Waals surface area contributed by atoms with E-state index < -0.39 is 0 Å². The number of fused-ring (bicyclic) bond motifs is 1. The molecule has 1 amide bonds. The normalized spacial score (nSPS) is 16.3. The second-order valence-corrected chi connectivity index (χ2v) is 7.03. The fourth-order valence-electron chi connectivity index (χ4n) is 3.20. The first-order valence-corrected chi connectivity index (χ1v) is 9.49. The van der Waals surface area contributed by atoms with Crippen molar-refractivity contribution in [3.05, 3.63) is 59.4 Å². The van der Waals surface area contributed by atoms with Gasteiger partial charge in [-0.05, 0) is 57.0 Å². The van der Waals surface area contributed by atoms with Crippen molar-refractivity contribution in [2.45, 2.75) is 32.8 Å². The van der Waals surface area contributed by atoms with E-state index in [2.05, 4.69) is 15.3 Å². The minimum absolute atomic E-state index is 0.157. The second kappa shape index (κ2) is 7.94. The van der Waals surface area contributed by atoms with Gasteiger partial charge in [0.05, 0.1) is 28.5 Å². The molecule has 6 heteroatoms. The molecule has 4 rings (SSSR count). The summed E-state index contributed by atoms with van der Waals surface area (Å²) in [5.41, 5.74) is 4.47. The molecule has 1 aliphatic heterocycles. The third-order valence-corrected chi connectivity index (χ3v) is 4.89. The van der Waals surface area contributed by atoms with Crippen LogP contribution in [0.3, 0.4) is 0 Å². The van der Waals surface area contributed by atoms with E-state index in [4.69, 9.17) is 9.47 Å². The molecule has 1 saturated heterocycles. The number of anilines is 1. The molecule has 1 aromatic heterocycles. The van der Waals surface area contributed by atoms with Crippen molar-refractivity contribution >= 4 is 22.6 Å². The lowest BCUT2D eigenvalue weighted by Gasteiger charge is -2.12. The number of nitrogens with zero attached hydrogens (tertiary/aromatic N) is 2. The van der Waals surface area contributed by atoms with Crippen LogP contribution >= 0.6 is 0 Å². The Kier molecular flexibility index (Phi) is 5.21. The molecule has 3 aromatic rings. The van der Waals surface area contributed by atoms with Gasteiger partial charge in [0.15, 0.2) is 0 Å². The Bertz CT molecular complexity index is 1010. The average molecular weight is 377 g/mol. The zero-order valence-corrected chi connectivity index (χ0v) is 16.1. The van der Waals surface area contributed by atoms with Crippen LogP contribution in [-0.2, 0) is 4.74 Å². The van der Waals surface area contributed by atoms with Gasteiger partial charge in [-0.15, -0.1) is 0 Å². The molecular formula is C22H23N3O3. The highest BCUT2D eigenvalue weighted by Gasteiger charge is 2.16. The van der Waals surface area contributed by atoms with Gasteiger partial charge in [-0.1, -0.05) is 6.07 Å². The van der Waals surface area contributed by atoms with Gasteiger partial charge < -0.3 is 14.8 Å². The Hall–Kier alpha value is -2.99. The number of ether oxygens (including phenoxy) is 2. The van der Waals surface area contributed by atoms with Crippen molar-refractivity contribution in [1.29, 1.82) is 0 Å². The molecule has 0 saturated carbocycles. The Balaban J connectivity index is 1.46. The summed E-state index contributed by atoms with van der Waals surface area (Å²) in [6.07, 6.45) is 2.27. The molecule has 0 radical (unpaired) electrons. The molecule has 1 fully saturated rings. The molecule has 1 aliphatic rings. The van der Waals surface area contributed by atoms with Gasteiger partial charge in [0.25, 0.3) is 5.91 Å². The number of amides is 1. The van der Waals surface area contributed by atoms with Gasteiger partial charge in [0, 0.05) is 23.9 Å². The Morgan fingerprint density at radius 1 is 1.14 bits per heavy atom. The van der Waals surface area contributed by atoms with Crippen LogP contribution in [0.5, 0.6) is 5.75 Å². The van der Waals surface area contributed by atoms with Crippen molar-refractivity contribution in [3.63, 3.8) is 0 Å². The van der Waals surface area contributed by atoms with Gasteiger partial charge in [-0.3, -0.25) is 4.79 Å². The highest BCUT2D eigenvalue weighted by atomic mass is 16.5. The first kappa shape index (κ1) is 18.4. The van der Waals surface area contributed by atoms with E-state index in [1.807, 2.05) is 44.2 Å². The number of aromatic nitrogens is 2. The number of benzene rings is 2. The standard InChI is InChI=1S/C22H23N3O3/c1-14-15(2)24-21-11-16(8-9-20(21)23-14)22(26)25-17-5-3-6-18(12-17)28-13-19-7-4-10-27-19/h3,5-6,8-9,11-12,19H,4,7,10,13H2,1-2H3,(H,25,26)/t19-/m1/s1. The van der Waals surface area contributed by atoms with Gasteiger partial charge in [-0.25, -0.2) is 9.97 Å². The Morgan fingerprint density at radius 3 is 2.75 bits per heavy atom. The summed E-state index contributed by atoms with van der Waals surface area (Å²) >= 11 is 0. The Labute approximate surface area is 163 Å². The average Bonchev–Trinajstić information content (AvgIpc) is 3.21. The molecule has 28 heavy (non-hydrogen) atoms. The highest BCUT2D eigenvalue weighted by Crippen LogP contribution is 2.21. The summed E-state index contributed by atoms with van der Waals surface area (Å²) in [4.78, 5) is 21.7. The van der Waals surface area contributed by atoms with Crippen LogP contribution in [0.2, 0.25) is 0 Å². The van der Waals surface area contributed by atoms with Crippen molar-refractivity contribution in [3.8, 4) is 5.75 Å². The van der Waals surface area contributed by atoms with Crippen LogP contribution < -0.4 is 10.1 Å². The van der Waals surface area contributed by atoms with Crippen molar-refractivity contribution < 1.29 is 14.3 Å². The molecule has 144 valence electrons. The predicted molar refractivity (Wildman–Crippen MR) is 108 cm³/mol. The number of nitrogens with one attached hydrogen (secondary N) is 1. The molecule has 1 atom stereocenters. The zero-order valence-electron chi connectivity index (χ0n) is 16.1. The first-order valence-electron chi connectivity index (χ1n) is 9.49. The van der Waals surface area contributed by atoms with Crippen LogP contribution in [0, 0.1) is 13.8 Å². The van der Waals surface area contributed by atoms with Gasteiger partial charge in [-0.2, -0.15) is 0 Å². The summed E-state index contributed by atoms with van der Waals surface area (Å²) in [7, 11) is 0. The first-order chi connectivity index (χ1) is 13.6. The van der Waals surface area contributed by atoms with Gasteiger partial charge in [0.1, 0.15) is 12.4 Å². The quantitative estimate of drug-likeness (QED) is 0.726. The van der Waals surface area contributed by atoms with Crippen LogP contribution in [0.15, 0.2) is 42.5 Å². The number of carbonyl (C=O) groups is 1. The molecule has 2 aromatic carbocycles. The van der Waals surface area contributed by atoms with Crippen molar-refractivity contribution in [2.24, 2.45) is 0 Å². The van der Waals surface area contributed by atoms with Crippen LogP contribution in [0.25, 0.3) is 11.0 Å². The van der Waals surface area contributed by atoms with E-state index in [0.717, 1.165) is 36.4 Å². The monoisotopic (exact) mass is 377 g/mol. The minimum Gasteiger partial charge on any atom is -0.491 e. The minimum atomic E-state index is -0.196. The topological polar surface area (TPSA) is 73.3 Å². The molecule has 2 heterocycles. The third-order valence-electron chi connectivity index (χ3n) is 4.89. The number of hydrogen-bond acceptors (Lipinski definition) is 5. The Morgan fingerprint density at radius 2 is 1.96 bits per heavy atom. The lowest BCUT2D eigenvalue weighted by molar-refractivity contribution is 0.0680. The lowest BCUT2D eigenvalue weighted by Crippen LogP contribution is -2.16. The zero-order chi connectivity index (χ0) is 19.5. The smallest absolute Gasteiger partial charge is 0.255 e. The predicted octanol–water partition coefficient (Wildman–Crippen LogP) is 4.06. The van der Waals surface area contributed by atoms with E-state index in [0.29, 0.717) is 29.1 Å². The van der Waals surface area contributed by atoms with Gasteiger partial charge in [0.2, 0.25) is 0 Å². The molecule has 0 bridgehead atoms. The molecule has 6 nitrogen and oxygen atoms in total. The number of carbonyl (C=O) groups excluding carboxylic acids is 1. The van der Waals surface area contributed by atoms with E-state index in [-0.39, 0.29) is 12.0 Å². The molecule has 0 aliphatic carbocycles. The van der Waals surface area contributed by atoms with Crippen LogP contribution in [-0.4, -0.2) is 35.2 Å². The third kappa shape index (κ3) is 4.12. The summed E-state index contributed by atoms with van der Waals surface area (Å²) < 4.78 is 11.4. The van der Waals surface area contributed by atoms with Crippen molar-refractivity contribution in [2.75, 3.05) is 18.5 Å². The van der Waals surface area contributed by atoms with E-state index >= 15 is 0 Å². The fourth-order valence-corrected chi connectivity index (χ4v) is 3.20. The maximum Gasteiger partial charge on any atom is 0.255 e. The molecule has 0 spiro atoms. The lowest BCUT2D eigenvalue weighted by atomic mass is 10.1. The molecule has 1 N–H and O–H groups in total. The SMILES string of the molecule is Cc1nc2ccc(C(=O)Nc3cccc(OC[C@H]4CCCO4)c3)cc2nc1C. The number of rotatable bonds is 5. The summed E-state index contributed by atoms with van der Waals surface area (Å²) in [5, 5.41) is 2.92. The summed E-state index contributed by atoms with van der Waals surface area (Å²) in [5.74, 6) is 0.516. The maximum absolute atomic E-state index is 12.7. The number of hydrogen-bond donors (Lipinski definition) is 1. The summed E-state index contributed by atoms with van der Waals surface area (Å²) in [6, 6.07) is 12.7. The van der Waals surface area contributed by atoms with Crippen molar-refractivity contribution in [1.82, 2.24) is 9.97 Å². The van der Waals surface area contributed by atoms with E-state index in [1.54, 1.807) is 12.1 Å². The molecule has 0 unspecified atom stereocenters. The molecular weight excluding hydrogens is 354 g/mol. The second-order valence-electron chi connectivity index (χ2n) is 7.03. The number of aryl methyl sites for hydroxylation is 2. The van der Waals surface area contributed by atoms with Crippen LogP contribution in [0.4, 0.5) is 5.69 Å². The summed E-state index contributed by atoms with van der Waals surface area (Å²) in [6.45, 7) is 5.17. The van der Waals surface area contributed by atoms with Crippen LogP contribution in [0.1, 0.15) is 34.6 Å². The highest BCUT2D eigenvalue weighted by molar-refractivity contribution is 6.05. The largest absolute Gasteiger partial charge is 0.491 e. The van der Waals surface area contributed by atoms with Gasteiger partial charge >= 0.3 is 0 Å². The van der Waals surface area contributed by atoms with E-state index in [9.17, 15) is 4.79 Å². The maximum atomic E-state index is 12.7. The fraction of sp³-hybridized carbons (Fsp3) is 0.318. The van der Waals surface area contributed by atoms with E-state index in [1.165, 1.54) is 0 Å².